The highest BCUT2D eigenvalue weighted by Crippen LogP contribution is 2.16. The van der Waals surface area contributed by atoms with Gasteiger partial charge in [-0.05, 0) is 30.3 Å². The van der Waals surface area contributed by atoms with Crippen molar-refractivity contribution in [3.8, 4) is 0 Å². The molecule has 2 amide bonds. The summed E-state index contributed by atoms with van der Waals surface area (Å²) in [5.41, 5.74) is -0.597. The molecule has 3 rings (SSSR count). The molecular weight excluding hydrogens is 323 g/mol. The number of carbonyl (C=O) groups is 1. The lowest BCUT2D eigenvalue weighted by Gasteiger charge is -2.09. The first-order valence-electron chi connectivity index (χ1n) is 6.78. The highest BCUT2D eigenvalue weighted by molar-refractivity contribution is 6.00. The molecule has 0 spiro atoms. The minimum atomic E-state index is -0.959. The van der Waals surface area contributed by atoms with Crippen molar-refractivity contribution in [2.24, 2.45) is 0 Å². The molecule has 0 aliphatic rings. The van der Waals surface area contributed by atoms with Crippen LogP contribution < -0.4 is 16.1 Å². The minimum Gasteiger partial charge on any atom is -0.359 e. The molecule has 0 saturated heterocycles. The summed E-state index contributed by atoms with van der Waals surface area (Å²) in [5, 5.41) is 4.45. The summed E-state index contributed by atoms with van der Waals surface area (Å²) in [4.78, 5) is 26.8. The van der Waals surface area contributed by atoms with Gasteiger partial charge in [0.25, 0.3) is 0 Å². The number of nitrogens with one attached hydrogen (secondary N) is 3. The number of urea groups is 1. The van der Waals surface area contributed by atoms with Crippen LogP contribution in [0.25, 0.3) is 10.9 Å². The second-order valence-corrected chi connectivity index (χ2v) is 4.92. The van der Waals surface area contributed by atoms with Gasteiger partial charge in [-0.25, -0.2) is 18.0 Å². The number of hydrogen-bond donors (Lipinski definition) is 3. The van der Waals surface area contributed by atoms with Crippen molar-refractivity contribution in [1.29, 1.82) is 0 Å². The topological polar surface area (TPSA) is 74.0 Å². The van der Waals surface area contributed by atoms with Gasteiger partial charge in [0.2, 0.25) is 5.43 Å². The number of carbonyl (C=O) groups excluding carboxylic acids is 1. The van der Waals surface area contributed by atoms with E-state index < -0.39 is 28.9 Å². The number of H-pyrrole nitrogens is 1. The van der Waals surface area contributed by atoms with Gasteiger partial charge in [0.05, 0.1) is 11.1 Å². The summed E-state index contributed by atoms with van der Waals surface area (Å²) in [6.07, 6.45) is 1.24. The highest BCUT2D eigenvalue weighted by atomic mass is 19.1. The molecule has 5 nitrogen and oxygen atoms in total. The summed E-state index contributed by atoms with van der Waals surface area (Å²) in [7, 11) is 0. The van der Waals surface area contributed by atoms with Crippen LogP contribution in [0.4, 0.5) is 29.3 Å². The van der Waals surface area contributed by atoms with Gasteiger partial charge in [-0.2, -0.15) is 0 Å². The van der Waals surface area contributed by atoms with E-state index in [1.165, 1.54) is 18.3 Å². The minimum absolute atomic E-state index is 0.0563. The van der Waals surface area contributed by atoms with Crippen LogP contribution in [0.5, 0.6) is 0 Å². The third-order valence-electron chi connectivity index (χ3n) is 3.27. The van der Waals surface area contributed by atoms with Crippen LogP contribution in [0.15, 0.2) is 47.4 Å². The third-order valence-corrected chi connectivity index (χ3v) is 3.27. The van der Waals surface area contributed by atoms with Gasteiger partial charge in [-0.15, -0.1) is 0 Å². The Morgan fingerprint density at radius 1 is 0.917 bits per heavy atom. The SMILES string of the molecule is O=C(Nc1ccc(F)cc1F)Nc1c[nH]c2ccc(F)cc2c1=O. The molecule has 0 unspecified atom stereocenters. The van der Waals surface area contributed by atoms with Crippen LogP contribution in [0.3, 0.4) is 0 Å². The van der Waals surface area contributed by atoms with Crippen molar-refractivity contribution in [2.45, 2.75) is 0 Å². The smallest absolute Gasteiger partial charge is 0.323 e. The first kappa shape index (κ1) is 15.6. The van der Waals surface area contributed by atoms with Crippen LogP contribution >= 0.6 is 0 Å². The maximum atomic E-state index is 13.5. The maximum absolute atomic E-state index is 13.5. The average Bonchev–Trinajstić information content (AvgIpc) is 2.53. The predicted molar refractivity (Wildman–Crippen MR) is 83.5 cm³/mol. The van der Waals surface area contributed by atoms with Crippen LogP contribution in [0, 0.1) is 17.5 Å². The number of amides is 2. The molecule has 0 bridgehead atoms. The first-order valence-corrected chi connectivity index (χ1v) is 6.78. The van der Waals surface area contributed by atoms with Gasteiger partial charge >= 0.3 is 6.03 Å². The van der Waals surface area contributed by atoms with Gasteiger partial charge in [0, 0.05) is 17.8 Å². The largest absolute Gasteiger partial charge is 0.359 e. The molecule has 3 N–H and O–H groups in total. The Bertz CT molecular complexity index is 1000. The molecule has 1 heterocycles. The first-order chi connectivity index (χ1) is 11.4. The Balaban J connectivity index is 1.85. The second-order valence-electron chi connectivity index (χ2n) is 4.92. The van der Waals surface area contributed by atoms with E-state index in [4.69, 9.17) is 0 Å². The molecule has 0 atom stereocenters. The van der Waals surface area contributed by atoms with Gasteiger partial charge in [0.1, 0.15) is 23.1 Å². The summed E-state index contributed by atoms with van der Waals surface area (Å²) >= 11 is 0. The van der Waals surface area contributed by atoms with Gasteiger partial charge in [-0.3, -0.25) is 4.79 Å². The number of fused-ring (bicyclic) bond motifs is 1. The predicted octanol–water partition coefficient (Wildman–Crippen LogP) is 3.59. The van der Waals surface area contributed by atoms with Gasteiger partial charge in [0.15, 0.2) is 0 Å². The summed E-state index contributed by atoms with van der Waals surface area (Å²) in [5.74, 6) is -2.34. The lowest BCUT2D eigenvalue weighted by atomic mass is 10.2. The normalized spacial score (nSPS) is 10.6. The number of hydrogen-bond acceptors (Lipinski definition) is 2. The average molecular weight is 333 g/mol. The molecule has 0 radical (unpaired) electrons. The number of anilines is 2. The molecule has 1 aromatic heterocycles. The van der Waals surface area contributed by atoms with Crippen molar-refractivity contribution in [2.75, 3.05) is 10.6 Å². The molecule has 0 aliphatic heterocycles. The van der Waals surface area contributed by atoms with E-state index in [-0.39, 0.29) is 16.8 Å². The van der Waals surface area contributed by atoms with E-state index in [0.29, 0.717) is 11.6 Å². The van der Waals surface area contributed by atoms with Crippen LogP contribution in [-0.4, -0.2) is 11.0 Å². The second kappa shape index (κ2) is 6.07. The van der Waals surface area contributed by atoms with Crippen LogP contribution in [-0.2, 0) is 0 Å². The van der Waals surface area contributed by atoms with Gasteiger partial charge < -0.3 is 15.6 Å². The molecule has 24 heavy (non-hydrogen) atoms. The highest BCUT2D eigenvalue weighted by Gasteiger charge is 2.11. The Hall–Kier alpha value is -3.29. The molecule has 122 valence electrons. The van der Waals surface area contributed by atoms with Crippen molar-refractivity contribution < 1.29 is 18.0 Å². The van der Waals surface area contributed by atoms with Crippen LogP contribution in [0.2, 0.25) is 0 Å². The summed E-state index contributed by atoms with van der Waals surface area (Å²) in [6.45, 7) is 0. The summed E-state index contributed by atoms with van der Waals surface area (Å²) < 4.78 is 39.6. The van der Waals surface area contributed by atoms with E-state index >= 15 is 0 Å². The van der Waals surface area contributed by atoms with Crippen molar-refractivity contribution in [3.63, 3.8) is 0 Å². The fourth-order valence-electron chi connectivity index (χ4n) is 2.15. The Labute approximate surface area is 133 Å². The number of benzene rings is 2. The molecule has 0 aliphatic carbocycles. The van der Waals surface area contributed by atoms with E-state index in [1.54, 1.807) is 0 Å². The van der Waals surface area contributed by atoms with E-state index in [2.05, 4.69) is 15.6 Å². The zero-order valence-electron chi connectivity index (χ0n) is 12.0. The lowest BCUT2D eigenvalue weighted by molar-refractivity contribution is 0.262. The monoisotopic (exact) mass is 333 g/mol. The Morgan fingerprint density at radius 2 is 1.58 bits per heavy atom. The van der Waals surface area contributed by atoms with Crippen LogP contribution in [0.1, 0.15) is 0 Å². The number of rotatable bonds is 2. The zero-order valence-corrected chi connectivity index (χ0v) is 12.0. The van der Waals surface area contributed by atoms with E-state index in [9.17, 15) is 22.8 Å². The van der Waals surface area contributed by atoms with Crippen molar-refractivity contribution in [3.05, 3.63) is 70.3 Å². The summed E-state index contributed by atoms with van der Waals surface area (Å²) in [6, 6.07) is 5.35. The van der Waals surface area contributed by atoms with Gasteiger partial charge in [-0.1, -0.05) is 0 Å². The Morgan fingerprint density at radius 3 is 2.33 bits per heavy atom. The number of aromatic amines is 1. The standard InChI is InChI=1S/C16H10F3N3O2/c17-8-1-3-12-10(5-8)15(23)14(7-20-12)22-16(24)21-13-4-2-9(18)6-11(13)19/h1-7H,(H,20,23)(H2,21,22,24). The van der Waals surface area contributed by atoms with Crippen molar-refractivity contribution >= 4 is 28.3 Å². The zero-order chi connectivity index (χ0) is 17.3. The molecular formula is C16H10F3N3O2. The third kappa shape index (κ3) is 3.07. The molecule has 8 heteroatoms. The van der Waals surface area contributed by atoms with E-state index in [1.807, 2.05) is 0 Å². The number of aromatic nitrogens is 1. The number of pyridine rings is 1. The van der Waals surface area contributed by atoms with E-state index in [0.717, 1.165) is 18.2 Å². The quantitative estimate of drug-likeness (QED) is 0.670. The molecule has 0 saturated carbocycles. The lowest BCUT2D eigenvalue weighted by Crippen LogP contribution is -2.24. The maximum Gasteiger partial charge on any atom is 0.323 e. The molecule has 3 aromatic rings. The fraction of sp³-hybridized carbons (Fsp3) is 0. The Kier molecular flexibility index (Phi) is 3.95. The van der Waals surface area contributed by atoms with Crippen molar-refractivity contribution in [1.82, 2.24) is 4.98 Å². The molecule has 0 fully saturated rings. The number of halogens is 3. The fourth-order valence-corrected chi connectivity index (χ4v) is 2.15. The molecule has 2 aromatic carbocycles.